The molecule has 0 fully saturated rings. The van der Waals surface area contributed by atoms with Crippen LogP contribution in [0.2, 0.25) is 0 Å². The lowest BCUT2D eigenvalue weighted by atomic mass is 10.1. The van der Waals surface area contributed by atoms with Gasteiger partial charge in [0.05, 0.1) is 16.8 Å². The predicted molar refractivity (Wildman–Crippen MR) is 67.8 cm³/mol. The normalized spacial score (nSPS) is 10.6. The summed E-state index contributed by atoms with van der Waals surface area (Å²) >= 11 is 0. The van der Waals surface area contributed by atoms with E-state index in [0.29, 0.717) is 11.3 Å². The highest BCUT2D eigenvalue weighted by atomic mass is 16.1. The molecule has 2 heterocycles. The van der Waals surface area contributed by atoms with Gasteiger partial charge in [-0.2, -0.15) is 0 Å². The SMILES string of the molecule is O=c1[nH]cccc1-c1ccc2ccccc2n1. The lowest BCUT2D eigenvalue weighted by Gasteiger charge is -2.01. The van der Waals surface area contributed by atoms with Crippen molar-refractivity contribution in [3.63, 3.8) is 0 Å². The Morgan fingerprint density at radius 1 is 0.941 bits per heavy atom. The summed E-state index contributed by atoms with van der Waals surface area (Å²) in [5.74, 6) is 0. The van der Waals surface area contributed by atoms with Crippen molar-refractivity contribution in [3.8, 4) is 11.3 Å². The number of benzene rings is 1. The number of hydrogen-bond acceptors (Lipinski definition) is 2. The molecule has 3 nitrogen and oxygen atoms in total. The Balaban J connectivity index is 2.25. The summed E-state index contributed by atoms with van der Waals surface area (Å²) in [5.41, 5.74) is 2.08. The molecule has 17 heavy (non-hydrogen) atoms. The minimum atomic E-state index is -0.115. The Bertz CT molecular complexity index is 731. The number of aromatic amines is 1. The molecule has 0 aliphatic heterocycles. The number of hydrogen-bond donors (Lipinski definition) is 1. The smallest absolute Gasteiger partial charge is 0.257 e. The highest BCUT2D eigenvalue weighted by Gasteiger charge is 2.04. The number of para-hydroxylation sites is 1. The first-order valence-corrected chi connectivity index (χ1v) is 5.38. The van der Waals surface area contributed by atoms with Gasteiger partial charge in [0.15, 0.2) is 0 Å². The Kier molecular flexibility index (Phi) is 2.22. The quantitative estimate of drug-likeness (QED) is 0.687. The monoisotopic (exact) mass is 222 g/mol. The van der Waals surface area contributed by atoms with Gasteiger partial charge in [0.1, 0.15) is 0 Å². The van der Waals surface area contributed by atoms with Crippen molar-refractivity contribution < 1.29 is 0 Å². The number of nitrogens with one attached hydrogen (secondary N) is 1. The minimum absolute atomic E-state index is 0.115. The molecular formula is C14H10N2O. The van der Waals surface area contributed by atoms with E-state index < -0.39 is 0 Å². The molecule has 3 heteroatoms. The van der Waals surface area contributed by atoms with Crippen LogP contribution in [0.25, 0.3) is 22.2 Å². The van der Waals surface area contributed by atoms with Crippen molar-refractivity contribution in [2.45, 2.75) is 0 Å². The van der Waals surface area contributed by atoms with Crippen LogP contribution in [0, 0.1) is 0 Å². The van der Waals surface area contributed by atoms with Crippen LogP contribution < -0.4 is 5.56 Å². The molecule has 0 bridgehead atoms. The molecule has 2 aromatic heterocycles. The number of H-pyrrole nitrogens is 1. The summed E-state index contributed by atoms with van der Waals surface area (Å²) in [6.07, 6.45) is 1.62. The molecule has 0 unspecified atom stereocenters. The molecule has 0 aliphatic carbocycles. The van der Waals surface area contributed by atoms with Gasteiger partial charge in [-0.1, -0.05) is 24.3 Å². The molecule has 0 saturated heterocycles. The average Bonchev–Trinajstić information content (AvgIpc) is 2.39. The summed E-state index contributed by atoms with van der Waals surface area (Å²) in [6, 6.07) is 15.3. The number of rotatable bonds is 1. The third kappa shape index (κ3) is 1.72. The molecule has 0 radical (unpaired) electrons. The maximum Gasteiger partial charge on any atom is 0.257 e. The van der Waals surface area contributed by atoms with Crippen LogP contribution in [0.15, 0.2) is 59.5 Å². The van der Waals surface area contributed by atoms with Crippen molar-refractivity contribution >= 4 is 10.9 Å². The predicted octanol–water partition coefficient (Wildman–Crippen LogP) is 2.59. The van der Waals surface area contributed by atoms with Crippen LogP contribution >= 0.6 is 0 Å². The molecule has 0 atom stereocenters. The molecule has 1 aromatic carbocycles. The van der Waals surface area contributed by atoms with Crippen molar-refractivity contribution in [2.75, 3.05) is 0 Å². The third-order valence-electron chi connectivity index (χ3n) is 2.69. The number of aromatic nitrogens is 2. The Labute approximate surface area is 97.8 Å². The third-order valence-corrected chi connectivity index (χ3v) is 2.69. The molecule has 3 aromatic rings. The van der Waals surface area contributed by atoms with E-state index in [2.05, 4.69) is 9.97 Å². The first-order chi connectivity index (χ1) is 8.34. The molecule has 0 saturated carbocycles. The van der Waals surface area contributed by atoms with Crippen LogP contribution in [-0.2, 0) is 0 Å². The van der Waals surface area contributed by atoms with E-state index in [9.17, 15) is 4.79 Å². The van der Waals surface area contributed by atoms with Crippen molar-refractivity contribution in [1.29, 1.82) is 0 Å². The van der Waals surface area contributed by atoms with Gasteiger partial charge in [0, 0.05) is 11.6 Å². The maximum atomic E-state index is 11.7. The van der Waals surface area contributed by atoms with Gasteiger partial charge in [-0.05, 0) is 24.3 Å². The highest BCUT2D eigenvalue weighted by Crippen LogP contribution is 2.17. The van der Waals surface area contributed by atoms with Crippen LogP contribution in [0.1, 0.15) is 0 Å². The second kappa shape index (κ2) is 3.87. The highest BCUT2D eigenvalue weighted by molar-refractivity contribution is 5.81. The summed E-state index contributed by atoms with van der Waals surface area (Å²) in [5, 5.41) is 1.07. The second-order valence-electron chi connectivity index (χ2n) is 3.80. The average molecular weight is 222 g/mol. The first kappa shape index (κ1) is 9.78. The van der Waals surface area contributed by atoms with Crippen LogP contribution in [-0.4, -0.2) is 9.97 Å². The van der Waals surface area contributed by atoms with Crippen molar-refractivity contribution in [1.82, 2.24) is 9.97 Å². The largest absolute Gasteiger partial charge is 0.329 e. The van der Waals surface area contributed by atoms with Gasteiger partial charge >= 0.3 is 0 Å². The Morgan fingerprint density at radius 2 is 1.82 bits per heavy atom. The lowest BCUT2D eigenvalue weighted by Crippen LogP contribution is -2.07. The Morgan fingerprint density at radius 3 is 2.71 bits per heavy atom. The Hall–Kier alpha value is -2.42. The van der Waals surface area contributed by atoms with Crippen molar-refractivity contribution in [2.24, 2.45) is 0 Å². The first-order valence-electron chi connectivity index (χ1n) is 5.38. The second-order valence-corrected chi connectivity index (χ2v) is 3.80. The zero-order valence-electron chi connectivity index (χ0n) is 9.05. The van der Waals surface area contributed by atoms with Gasteiger partial charge in [-0.3, -0.25) is 4.79 Å². The fourth-order valence-electron chi connectivity index (χ4n) is 1.84. The molecule has 0 spiro atoms. The lowest BCUT2D eigenvalue weighted by molar-refractivity contribution is 1.23. The van der Waals surface area contributed by atoms with Gasteiger partial charge in [-0.25, -0.2) is 4.98 Å². The van der Waals surface area contributed by atoms with Gasteiger partial charge in [0.2, 0.25) is 0 Å². The molecule has 0 aliphatic rings. The summed E-state index contributed by atoms with van der Waals surface area (Å²) in [7, 11) is 0. The summed E-state index contributed by atoms with van der Waals surface area (Å²) in [6.45, 7) is 0. The fourth-order valence-corrected chi connectivity index (χ4v) is 1.84. The summed E-state index contributed by atoms with van der Waals surface area (Å²) in [4.78, 5) is 18.8. The van der Waals surface area contributed by atoms with Crippen LogP contribution in [0.3, 0.4) is 0 Å². The van der Waals surface area contributed by atoms with E-state index in [-0.39, 0.29) is 5.56 Å². The molecule has 82 valence electrons. The molecule has 3 rings (SSSR count). The van der Waals surface area contributed by atoms with E-state index in [4.69, 9.17) is 0 Å². The van der Waals surface area contributed by atoms with E-state index in [1.165, 1.54) is 0 Å². The minimum Gasteiger partial charge on any atom is -0.329 e. The van der Waals surface area contributed by atoms with Crippen molar-refractivity contribution in [3.05, 3.63) is 65.1 Å². The van der Waals surface area contributed by atoms with Crippen LogP contribution in [0.4, 0.5) is 0 Å². The van der Waals surface area contributed by atoms with Crippen LogP contribution in [0.5, 0.6) is 0 Å². The zero-order chi connectivity index (χ0) is 11.7. The van der Waals surface area contributed by atoms with Gasteiger partial charge in [-0.15, -0.1) is 0 Å². The fraction of sp³-hybridized carbons (Fsp3) is 0. The van der Waals surface area contributed by atoms with Gasteiger partial charge in [0.25, 0.3) is 5.56 Å². The van der Waals surface area contributed by atoms with Gasteiger partial charge < -0.3 is 4.98 Å². The van der Waals surface area contributed by atoms with E-state index in [0.717, 1.165) is 10.9 Å². The van der Waals surface area contributed by atoms with E-state index in [1.807, 2.05) is 36.4 Å². The molecule has 1 N–H and O–H groups in total. The topological polar surface area (TPSA) is 45.8 Å². The zero-order valence-corrected chi connectivity index (χ0v) is 9.05. The number of pyridine rings is 2. The van der Waals surface area contributed by atoms with E-state index in [1.54, 1.807) is 18.3 Å². The summed E-state index contributed by atoms with van der Waals surface area (Å²) < 4.78 is 0. The molecular weight excluding hydrogens is 212 g/mol. The maximum absolute atomic E-state index is 11.7. The van der Waals surface area contributed by atoms with E-state index >= 15 is 0 Å². The number of fused-ring (bicyclic) bond motifs is 1. The molecule has 0 amide bonds. The standard InChI is InChI=1S/C14H10N2O/c17-14-11(5-3-9-15-14)13-8-7-10-4-1-2-6-12(10)16-13/h1-9H,(H,15,17). The number of nitrogens with zero attached hydrogens (tertiary/aromatic N) is 1.